The molecule has 0 aliphatic rings. The number of carbonyl (C=O) groups is 1. The topological polar surface area (TPSA) is 70.8 Å². The van der Waals surface area contributed by atoms with Crippen molar-refractivity contribution in [1.29, 1.82) is 5.41 Å². The summed E-state index contributed by atoms with van der Waals surface area (Å²) < 4.78 is 1.81. The fourth-order valence-corrected chi connectivity index (χ4v) is 3.31. The van der Waals surface area contributed by atoms with Gasteiger partial charge in [0.05, 0.1) is 17.8 Å². The fraction of sp³-hybridized carbons (Fsp3) is 0.227. The maximum atomic E-state index is 12.7. The maximum Gasteiger partial charge on any atom is 0.255 e. The predicted octanol–water partition coefficient (Wildman–Crippen LogP) is 4.52. The third-order valence-electron chi connectivity index (χ3n) is 4.73. The standard InChI is InChI=1S/C22H23ClN4O/c1-14(24)18-10-8-17(9-11-18)12-25-22(28)21-15(2)26-27(16(21)3)13-19-6-4-5-7-20(19)23/h4-11,24H,12-13H2,1-3H3,(H,25,28). The summed E-state index contributed by atoms with van der Waals surface area (Å²) in [5.74, 6) is -0.146. The highest BCUT2D eigenvalue weighted by molar-refractivity contribution is 6.31. The number of hydrogen-bond donors (Lipinski definition) is 2. The molecule has 0 unspecified atom stereocenters. The average Bonchev–Trinajstić information content (AvgIpc) is 2.95. The molecule has 1 heterocycles. The van der Waals surface area contributed by atoms with E-state index in [4.69, 9.17) is 17.0 Å². The molecule has 0 saturated heterocycles. The summed E-state index contributed by atoms with van der Waals surface area (Å²) >= 11 is 6.25. The van der Waals surface area contributed by atoms with Gasteiger partial charge in [-0.25, -0.2) is 0 Å². The third-order valence-corrected chi connectivity index (χ3v) is 5.10. The first-order valence-corrected chi connectivity index (χ1v) is 9.44. The lowest BCUT2D eigenvalue weighted by atomic mass is 10.1. The molecule has 0 aliphatic carbocycles. The van der Waals surface area contributed by atoms with Crippen molar-refractivity contribution in [2.45, 2.75) is 33.9 Å². The molecule has 6 heteroatoms. The molecule has 1 aromatic heterocycles. The Balaban J connectivity index is 1.72. The number of carbonyl (C=O) groups excluding carboxylic acids is 1. The molecule has 2 aromatic carbocycles. The summed E-state index contributed by atoms with van der Waals surface area (Å²) in [4.78, 5) is 12.7. The zero-order valence-corrected chi connectivity index (χ0v) is 17.0. The third kappa shape index (κ3) is 4.31. The highest BCUT2D eigenvalue weighted by Crippen LogP contribution is 2.19. The molecule has 0 atom stereocenters. The van der Waals surface area contributed by atoms with Crippen LogP contribution in [-0.2, 0) is 13.1 Å². The van der Waals surface area contributed by atoms with Crippen LogP contribution in [0, 0.1) is 19.3 Å². The average molecular weight is 395 g/mol. The molecule has 0 aliphatic heterocycles. The maximum absolute atomic E-state index is 12.7. The first-order valence-electron chi connectivity index (χ1n) is 9.07. The van der Waals surface area contributed by atoms with E-state index in [9.17, 15) is 4.79 Å². The Morgan fingerprint density at radius 2 is 1.82 bits per heavy atom. The zero-order valence-electron chi connectivity index (χ0n) is 16.2. The lowest BCUT2D eigenvalue weighted by Crippen LogP contribution is -2.24. The second kappa shape index (κ2) is 8.40. The summed E-state index contributed by atoms with van der Waals surface area (Å²) in [6.07, 6.45) is 0. The van der Waals surface area contributed by atoms with Crippen LogP contribution in [0.1, 0.15) is 45.4 Å². The Kier molecular flexibility index (Phi) is 5.95. The predicted molar refractivity (Wildman–Crippen MR) is 112 cm³/mol. The Morgan fingerprint density at radius 1 is 1.14 bits per heavy atom. The largest absolute Gasteiger partial charge is 0.348 e. The number of hydrogen-bond acceptors (Lipinski definition) is 3. The molecule has 0 radical (unpaired) electrons. The van der Waals surface area contributed by atoms with Crippen molar-refractivity contribution < 1.29 is 4.79 Å². The minimum atomic E-state index is -0.146. The van der Waals surface area contributed by atoms with Gasteiger partial charge in [-0.3, -0.25) is 9.48 Å². The second-order valence-electron chi connectivity index (χ2n) is 6.80. The SMILES string of the molecule is CC(=N)c1ccc(CNC(=O)c2c(C)nn(Cc3ccccc3Cl)c2C)cc1. The van der Waals surface area contributed by atoms with E-state index < -0.39 is 0 Å². The van der Waals surface area contributed by atoms with Crippen molar-refractivity contribution in [2.75, 3.05) is 0 Å². The molecule has 144 valence electrons. The van der Waals surface area contributed by atoms with Gasteiger partial charge in [-0.05, 0) is 43.5 Å². The van der Waals surface area contributed by atoms with Crippen molar-refractivity contribution in [3.05, 3.63) is 87.2 Å². The van der Waals surface area contributed by atoms with E-state index in [0.29, 0.717) is 35.1 Å². The van der Waals surface area contributed by atoms with Gasteiger partial charge >= 0.3 is 0 Å². The minimum absolute atomic E-state index is 0.146. The number of amides is 1. The van der Waals surface area contributed by atoms with Gasteiger partial charge < -0.3 is 10.7 Å². The van der Waals surface area contributed by atoms with Gasteiger partial charge in [-0.1, -0.05) is 54.1 Å². The Labute approximate surface area is 169 Å². The van der Waals surface area contributed by atoms with Crippen molar-refractivity contribution in [3.8, 4) is 0 Å². The molecule has 3 rings (SSSR count). The van der Waals surface area contributed by atoms with Crippen LogP contribution in [0.25, 0.3) is 0 Å². The molecule has 28 heavy (non-hydrogen) atoms. The first-order chi connectivity index (χ1) is 13.4. The van der Waals surface area contributed by atoms with Crippen molar-refractivity contribution in [1.82, 2.24) is 15.1 Å². The molecule has 0 saturated carbocycles. The fourth-order valence-electron chi connectivity index (χ4n) is 3.11. The lowest BCUT2D eigenvalue weighted by molar-refractivity contribution is 0.0949. The van der Waals surface area contributed by atoms with Gasteiger partial charge in [0.25, 0.3) is 5.91 Å². The van der Waals surface area contributed by atoms with Crippen LogP contribution in [0.15, 0.2) is 48.5 Å². The lowest BCUT2D eigenvalue weighted by Gasteiger charge is -2.08. The van der Waals surface area contributed by atoms with Crippen LogP contribution in [0.4, 0.5) is 0 Å². The highest BCUT2D eigenvalue weighted by Gasteiger charge is 2.19. The second-order valence-corrected chi connectivity index (χ2v) is 7.21. The number of benzene rings is 2. The smallest absolute Gasteiger partial charge is 0.255 e. The van der Waals surface area contributed by atoms with Crippen LogP contribution < -0.4 is 5.32 Å². The van der Waals surface area contributed by atoms with Crippen LogP contribution in [-0.4, -0.2) is 21.4 Å². The quantitative estimate of drug-likeness (QED) is 0.603. The molecular formula is C22H23ClN4O. The van der Waals surface area contributed by atoms with E-state index in [-0.39, 0.29) is 5.91 Å². The number of halogens is 1. The number of aromatic nitrogens is 2. The molecule has 0 spiro atoms. The molecule has 0 fully saturated rings. The van der Waals surface area contributed by atoms with Crippen LogP contribution in [0.5, 0.6) is 0 Å². The summed E-state index contributed by atoms with van der Waals surface area (Å²) in [7, 11) is 0. The summed E-state index contributed by atoms with van der Waals surface area (Å²) in [6.45, 7) is 6.43. The van der Waals surface area contributed by atoms with E-state index >= 15 is 0 Å². The molecule has 2 N–H and O–H groups in total. The van der Waals surface area contributed by atoms with Gasteiger partial charge in [0, 0.05) is 23.0 Å². The summed E-state index contributed by atoms with van der Waals surface area (Å²) in [6, 6.07) is 15.3. The highest BCUT2D eigenvalue weighted by atomic mass is 35.5. The van der Waals surface area contributed by atoms with Gasteiger partial charge in [0.1, 0.15) is 0 Å². The van der Waals surface area contributed by atoms with Crippen molar-refractivity contribution >= 4 is 23.2 Å². The normalized spacial score (nSPS) is 10.7. The number of rotatable bonds is 6. The van der Waals surface area contributed by atoms with E-state index in [1.165, 1.54) is 0 Å². The van der Waals surface area contributed by atoms with Crippen LogP contribution in [0.3, 0.4) is 0 Å². The number of nitrogens with one attached hydrogen (secondary N) is 2. The number of nitrogens with zero attached hydrogens (tertiary/aromatic N) is 2. The Morgan fingerprint density at radius 3 is 2.46 bits per heavy atom. The van der Waals surface area contributed by atoms with Crippen molar-refractivity contribution in [3.63, 3.8) is 0 Å². The molecule has 5 nitrogen and oxygen atoms in total. The number of aryl methyl sites for hydroxylation is 1. The van der Waals surface area contributed by atoms with E-state index in [0.717, 1.165) is 22.4 Å². The molecular weight excluding hydrogens is 372 g/mol. The van der Waals surface area contributed by atoms with E-state index in [2.05, 4.69) is 10.4 Å². The Bertz CT molecular complexity index is 1020. The summed E-state index contributed by atoms with van der Waals surface area (Å²) in [5.41, 5.74) is 5.44. The molecule has 3 aromatic rings. The van der Waals surface area contributed by atoms with Crippen molar-refractivity contribution in [2.24, 2.45) is 0 Å². The van der Waals surface area contributed by atoms with Gasteiger partial charge in [0.2, 0.25) is 0 Å². The van der Waals surface area contributed by atoms with Gasteiger partial charge in [-0.2, -0.15) is 5.10 Å². The van der Waals surface area contributed by atoms with E-state index in [1.807, 2.05) is 67.1 Å². The van der Waals surface area contributed by atoms with Gasteiger partial charge in [-0.15, -0.1) is 0 Å². The Hall–Kier alpha value is -2.92. The molecule has 0 bridgehead atoms. The monoisotopic (exact) mass is 394 g/mol. The van der Waals surface area contributed by atoms with Crippen LogP contribution in [0.2, 0.25) is 5.02 Å². The zero-order chi connectivity index (χ0) is 20.3. The molecule has 1 amide bonds. The van der Waals surface area contributed by atoms with Crippen LogP contribution >= 0.6 is 11.6 Å². The minimum Gasteiger partial charge on any atom is -0.348 e. The van der Waals surface area contributed by atoms with Gasteiger partial charge in [0.15, 0.2) is 0 Å². The first kappa shape index (κ1) is 19.8. The summed E-state index contributed by atoms with van der Waals surface area (Å²) in [5, 5.41) is 15.8. The van der Waals surface area contributed by atoms with E-state index in [1.54, 1.807) is 6.92 Å².